The predicted octanol–water partition coefficient (Wildman–Crippen LogP) is 15.2. The van der Waals surface area contributed by atoms with Gasteiger partial charge in [0.05, 0.1) is 5.39 Å². The maximum Gasteiger partial charge on any atom is 0.147 e. The molecule has 0 aliphatic rings. The molecule has 3 aromatic heterocycles. The Bertz CT molecular complexity index is 3390. The van der Waals surface area contributed by atoms with Crippen molar-refractivity contribution in [2.24, 2.45) is 0 Å². The first-order valence-electron chi connectivity index (χ1n) is 18.0. The summed E-state index contributed by atoms with van der Waals surface area (Å²) in [5.41, 5.74) is 10.7. The molecule has 12 rings (SSSR count). The van der Waals surface area contributed by atoms with Gasteiger partial charge in [0.2, 0.25) is 0 Å². The maximum atomic E-state index is 6.61. The molecule has 0 radical (unpaired) electrons. The molecule has 0 atom stereocenters. The second-order valence-electron chi connectivity index (χ2n) is 13.9. The monoisotopic (exact) mass is 692 g/mol. The molecule has 0 amide bonds. The van der Waals surface area contributed by atoms with Crippen LogP contribution in [0.2, 0.25) is 0 Å². The van der Waals surface area contributed by atoms with E-state index in [0.717, 1.165) is 55.0 Å². The fourth-order valence-corrected chi connectivity index (χ4v) is 10.0. The van der Waals surface area contributed by atoms with Crippen molar-refractivity contribution in [3.63, 3.8) is 0 Å². The van der Waals surface area contributed by atoms with Gasteiger partial charge in [-0.15, -0.1) is 11.3 Å². The van der Waals surface area contributed by atoms with Gasteiger partial charge in [-0.3, -0.25) is 0 Å². The highest BCUT2D eigenvalue weighted by Gasteiger charge is 2.23. The first-order valence-corrected chi connectivity index (χ1v) is 18.8. The van der Waals surface area contributed by atoms with Gasteiger partial charge in [0.1, 0.15) is 22.3 Å². The van der Waals surface area contributed by atoms with E-state index in [0.29, 0.717) is 0 Å². The SMILES string of the molecule is c1ccc(-c2c3ccccc3c(-c3cc(-c4cccc5oc6ccc7c8ccccc8oc7c6c45)cc4sc5ccccc5c34)c3ccccc23)cc1. The summed E-state index contributed by atoms with van der Waals surface area (Å²) in [6.45, 7) is 0. The second kappa shape index (κ2) is 10.9. The van der Waals surface area contributed by atoms with Crippen molar-refractivity contribution in [1.82, 2.24) is 0 Å². The zero-order valence-corrected chi connectivity index (χ0v) is 29.2. The summed E-state index contributed by atoms with van der Waals surface area (Å²) >= 11 is 1.86. The van der Waals surface area contributed by atoms with Crippen LogP contribution in [0.3, 0.4) is 0 Å². The number of hydrogen-bond acceptors (Lipinski definition) is 3. The van der Waals surface area contributed by atoms with Crippen LogP contribution in [0.15, 0.2) is 179 Å². The van der Waals surface area contributed by atoms with Crippen LogP contribution in [-0.4, -0.2) is 0 Å². The number of rotatable bonds is 3. The van der Waals surface area contributed by atoms with E-state index in [1.807, 2.05) is 23.5 Å². The van der Waals surface area contributed by atoms with Crippen molar-refractivity contribution in [3.05, 3.63) is 170 Å². The fraction of sp³-hybridized carbons (Fsp3) is 0. The summed E-state index contributed by atoms with van der Waals surface area (Å²) in [5, 5.41) is 11.9. The molecule has 3 heteroatoms. The third kappa shape index (κ3) is 4.08. The van der Waals surface area contributed by atoms with Gasteiger partial charge in [-0.1, -0.05) is 127 Å². The number of furan rings is 2. The van der Waals surface area contributed by atoms with Crippen LogP contribution in [0, 0.1) is 0 Å². The topological polar surface area (TPSA) is 26.3 Å². The van der Waals surface area contributed by atoms with Gasteiger partial charge in [-0.2, -0.15) is 0 Å². The lowest BCUT2D eigenvalue weighted by Gasteiger charge is -2.19. The Morgan fingerprint density at radius 1 is 0.321 bits per heavy atom. The molecule has 246 valence electrons. The Balaban J connectivity index is 1.24. The Kier molecular flexibility index (Phi) is 5.96. The summed E-state index contributed by atoms with van der Waals surface area (Å²) in [5.74, 6) is 0. The lowest BCUT2D eigenvalue weighted by atomic mass is 9.84. The Morgan fingerprint density at radius 3 is 1.72 bits per heavy atom. The molecule has 0 unspecified atom stereocenters. The van der Waals surface area contributed by atoms with E-state index in [9.17, 15) is 0 Å². The molecule has 0 saturated carbocycles. The summed E-state index contributed by atoms with van der Waals surface area (Å²) in [4.78, 5) is 0. The molecule has 0 N–H and O–H groups in total. The van der Waals surface area contributed by atoms with E-state index in [-0.39, 0.29) is 0 Å². The number of fused-ring (bicyclic) bond motifs is 12. The molecule has 53 heavy (non-hydrogen) atoms. The van der Waals surface area contributed by atoms with E-state index >= 15 is 0 Å². The van der Waals surface area contributed by atoms with E-state index < -0.39 is 0 Å². The zero-order valence-electron chi connectivity index (χ0n) is 28.4. The molecule has 0 aliphatic carbocycles. The standard InChI is InChI=1S/C50H28O2S/c1-2-13-29(14-3-1)45-33-16-4-6-18-35(33)46(36-19-7-5-17-34(36)45)39-27-30(28-44-47(39)38-20-9-11-24-43(38)53-44)31-21-12-23-41-48(31)49-42(51-41)26-25-37-32-15-8-10-22-40(32)52-50(37)49/h1-28H. The minimum absolute atomic E-state index is 0.829. The highest BCUT2D eigenvalue weighted by molar-refractivity contribution is 7.26. The van der Waals surface area contributed by atoms with E-state index in [2.05, 4.69) is 158 Å². The summed E-state index contributed by atoms with van der Waals surface area (Å²) in [6.07, 6.45) is 0. The third-order valence-corrected chi connectivity index (χ3v) is 12.2. The molecule has 0 spiro atoms. The average molecular weight is 693 g/mol. The number of hydrogen-bond donors (Lipinski definition) is 0. The molecular formula is C50H28O2S. The third-order valence-electron chi connectivity index (χ3n) is 11.1. The molecule has 12 aromatic rings. The molecule has 3 heterocycles. The minimum Gasteiger partial charge on any atom is -0.456 e. The van der Waals surface area contributed by atoms with E-state index in [1.54, 1.807) is 0 Å². The normalized spacial score (nSPS) is 12.2. The van der Waals surface area contributed by atoms with Crippen molar-refractivity contribution >= 4 is 96.9 Å². The van der Waals surface area contributed by atoms with Gasteiger partial charge >= 0.3 is 0 Å². The lowest BCUT2D eigenvalue weighted by Crippen LogP contribution is -1.92. The molecule has 0 saturated heterocycles. The Hall–Kier alpha value is -6.68. The smallest absolute Gasteiger partial charge is 0.147 e. The van der Waals surface area contributed by atoms with E-state index in [4.69, 9.17) is 8.83 Å². The number of benzene rings is 9. The second-order valence-corrected chi connectivity index (χ2v) is 15.0. The fourth-order valence-electron chi connectivity index (χ4n) is 8.87. The van der Waals surface area contributed by atoms with Gasteiger partial charge in [0.25, 0.3) is 0 Å². The van der Waals surface area contributed by atoms with Crippen LogP contribution in [0.1, 0.15) is 0 Å². The minimum atomic E-state index is 0.829. The highest BCUT2D eigenvalue weighted by atomic mass is 32.1. The Morgan fingerprint density at radius 2 is 0.943 bits per heavy atom. The summed E-state index contributed by atoms with van der Waals surface area (Å²) in [7, 11) is 0. The predicted molar refractivity (Wildman–Crippen MR) is 225 cm³/mol. The number of thiophene rings is 1. The van der Waals surface area contributed by atoms with Crippen LogP contribution in [0.5, 0.6) is 0 Å². The molecule has 0 fully saturated rings. The van der Waals surface area contributed by atoms with Crippen molar-refractivity contribution in [2.75, 3.05) is 0 Å². The van der Waals surface area contributed by atoms with Crippen LogP contribution < -0.4 is 0 Å². The van der Waals surface area contributed by atoms with Crippen LogP contribution in [-0.2, 0) is 0 Å². The van der Waals surface area contributed by atoms with Crippen molar-refractivity contribution in [3.8, 4) is 33.4 Å². The van der Waals surface area contributed by atoms with Crippen LogP contribution in [0.25, 0.3) is 119 Å². The quantitative estimate of drug-likeness (QED) is 0.172. The zero-order chi connectivity index (χ0) is 34.6. The maximum absolute atomic E-state index is 6.61. The lowest BCUT2D eigenvalue weighted by molar-refractivity contribution is 0.663. The van der Waals surface area contributed by atoms with Gasteiger partial charge < -0.3 is 8.83 Å². The molecule has 2 nitrogen and oxygen atoms in total. The van der Waals surface area contributed by atoms with Gasteiger partial charge in [-0.25, -0.2) is 0 Å². The highest BCUT2D eigenvalue weighted by Crippen LogP contribution is 2.50. The summed E-state index contributed by atoms with van der Waals surface area (Å²) in [6, 6.07) is 61.3. The molecule has 9 aromatic carbocycles. The van der Waals surface area contributed by atoms with Gasteiger partial charge in [-0.05, 0) is 97.4 Å². The van der Waals surface area contributed by atoms with E-state index in [1.165, 1.54) is 64.0 Å². The largest absolute Gasteiger partial charge is 0.456 e. The average Bonchev–Trinajstić information content (AvgIpc) is 3.91. The van der Waals surface area contributed by atoms with Gasteiger partial charge in [0, 0.05) is 36.3 Å². The first-order chi connectivity index (χ1) is 26.3. The Labute approximate surface area is 307 Å². The molecular weight excluding hydrogens is 665 g/mol. The van der Waals surface area contributed by atoms with Crippen LogP contribution >= 0.6 is 11.3 Å². The summed E-state index contributed by atoms with van der Waals surface area (Å²) < 4.78 is 15.7. The molecule has 0 bridgehead atoms. The van der Waals surface area contributed by atoms with Crippen molar-refractivity contribution in [2.45, 2.75) is 0 Å². The van der Waals surface area contributed by atoms with Crippen molar-refractivity contribution in [1.29, 1.82) is 0 Å². The van der Waals surface area contributed by atoms with Crippen molar-refractivity contribution < 1.29 is 8.83 Å². The molecule has 0 aliphatic heterocycles. The first kappa shape index (κ1) is 29.0. The van der Waals surface area contributed by atoms with Crippen LogP contribution in [0.4, 0.5) is 0 Å². The number of para-hydroxylation sites is 1. The van der Waals surface area contributed by atoms with Gasteiger partial charge in [0.15, 0.2) is 0 Å².